The minimum Gasteiger partial charge on any atom is -0.354 e. The maximum Gasteiger partial charge on any atom is 0.151 e. The van der Waals surface area contributed by atoms with Crippen molar-refractivity contribution in [2.75, 3.05) is 31.1 Å². The number of pyridine rings is 1. The molecule has 0 atom stereocenters. The van der Waals surface area contributed by atoms with Crippen LogP contribution in [0.25, 0.3) is 10.9 Å². The summed E-state index contributed by atoms with van der Waals surface area (Å²) in [5.74, 6) is 0.943. The maximum atomic E-state index is 10.8. The minimum absolute atomic E-state index is 0.618. The van der Waals surface area contributed by atoms with Gasteiger partial charge >= 0.3 is 0 Å². The molecule has 4 rings (SSSR count). The SMILES string of the molecule is CCCn1nc(CN2CCN(c3ccc(C=O)cn3)CC2)c2ccccc21. The largest absolute Gasteiger partial charge is 0.354 e. The van der Waals surface area contributed by atoms with Crippen molar-refractivity contribution in [1.82, 2.24) is 19.7 Å². The number of fused-ring (bicyclic) bond motifs is 1. The Morgan fingerprint density at radius 1 is 1.07 bits per heavy atom. The fourth-order valence-electron chi connectivity index (χ4n) is 3.70. The lowest BCUT2D eigenvalue weighted by Crippen LogP contribution is -2.46. The number of aldehydes is 1. The number of carbonyl (C=O) groups is 1. The van der Waals surface area contributed by atoms with Gasteiger partial charge in [0, 0.05) is 56.4 Å². The zero-order valence-electron chi connectivity index (χ0n) is 15.7. The summed E-state index contributed by atoms with van der Waals surface area (Å²) in [6.07, 6.45) is 3.55. The lowest BCUT2D eigenvalue weighted by Gasteiger charge is -2.35. The van der Waals surface area contributed by atoms with Crippen molar-refractivity contribution in [2.45, 2.75) is 26.4 Å². The maximum absolute atomic E-state index is 10.8. The zero-order chi connectivity index (χ0) is 18.6. The van der Waals surface area contributed by atoms with Crippen molar-refractivity contribution in [3.05, 3.63) is 53.9 Å². The van der Waals surface area contributed by atoms with E-state index in [4.69, 9.17) is 5.10 Å². The number of aromatic nitrogens is 3. The zero-order valence-corrected chi connectivity index (χ0v) is 15.7. The Morgan fingerprint density at radius 3 is 2.59 bits per heavy atom. The molecule has 6 heteroatoms. The fraction of sp³-hybridized carbons (Fsp3) is 0.381. The van der Waals surface area contributed by atoms with Gasteiger partial charge in [0.15, 0.2) is 6.29 Å². The van der Waals surface area contributed by atoms with Crippen LogP contribution in [0.4, 0.5) is 5.82 Å². The molecule has 0 amide bonds. The van der Waals surface area contributed by atoms with E-state index in [2.05, 4.69) is 50.7 Å². The first-order valence-electron chi connectivity index (χ1n) is 9.61. The molecule has 1 aliphatic rings. The molecule has 0 saturated carbocycles. The summed E-state index contributed by atoms with van der Waals surface area (Å²) in [4.78, 5) is 19.9. The van der Waals surface area contributed by atoms with E-state index in [-0.39, 0.29) is 0 Å². The van der Waals surface area contributed by atoms with Crippen molar-refractivity contribution in [3.8, 4) is 0 Å². The number of carbonyl (C=O) groups excluding carboxylic acids is 1. The van der Waals surface area contributed by atoms with E-state index in [1.165, 1.54) is 16.6 Å². The van der Waals surface area contributed by atoms with Gasteiger partial charge in [-0.1, -0.05) is 25.1 Å². The van der Waals surface area contributed by atoms with Gasteiger partial charge < -0.3 is 4.90 Å². The van der Waals surface area contributed by atoms with Gasteiger partial charge in [0.25, 0.3) is 0 Å². The van der Waals surface area contributed by atoms with Crippen LogP contribution in [-0.2, 0) is 13.1 Å². The topological polar surface area (TPSA) is 54.3 Å². The van der Waals surface area contributed by atoms with E-state index in [0.717, 1.165) is 57.8 Å². The molecule has 0 bridgehead atoms. The van der Waals surface area contributed by atoms with Gasteiger partial charge in [-0.05, 0) is 24.6 Å². The Hall–Kier alpha value is -2.73. The summed E-state index contributed by atoms with van der Waals surface area (Å²) in [5, 5.41) is 6.15. The summed E-state index contributed by atoms with van der Waals surface area (Å²) < 4.78 is 2.14. The molecule has 3 heterocycles. The first-order chi connectivity index (χ1) is 13.3. The van der Waals surface area contributed by atoms with Crippen molar-refractivity contribution in [3.63, 3.8) is 0 Å². The van der Waals surface area contributed by atoms with Gasteiger partial charge in [-0.15, -0.1) is 0 Å². The number of anilines is 1. The number of piperazine rings is 1. The van der Waals surface area contributed by atoms with Crippen molar-refractivity contribution in [1.29, 1.82) is 0 Å². The second-order valence-electron chi connectivity index (χ2n) is 7.02. The number of benzene rings is 1. The van der Waals surface area contributed by atoms with Gasteiger partial charge in [0.05, 0.1) is 11.2 Å². The van der Waals surface area contributed by atoms with E-state index in [1.54, 1.807) is 6.20 Å². The van der Waals surface area contributed by atoms with Gasteiger partial charge in [0.2, 0.25) is 0 Å². The average molecular weight is 363 g/mol. The Balaban J connectivity index is 1.43. The predicted octanol–water partition coefficient (Wildman–Crippen LogP) is 2.98. The standard InChI is InChI=1S/C21H25N5O/c1-2-9-26-20-6-4-3-5-18(20)19(23-26)15-24-10-12-25(13-11-24)21-8-7-17(16-27)14-22-21/h3-8,14,16H,2,9-13,15H2,1H3. The molecule has 1 saturated heterocycles. The van der Waals surface area contributed by atoms with Gasteiger partial charge in [0.1, 0.15) is 5.82 Å². The highest BCUT2D eigenvalue weighted by Gasteiger charge is 2.20. The number of aryl methyl sites for hydroxylation is 1. The normalized spacial score (nSPS) is 15.4. The summed E-state index contributed by atoms with van der Waals surface area (Å²) in [6, 6.07) is 12.3. The van der Waals surface area contributed by atoms with Crippen LogP contribution in [0.5, 0.6) is 0 Å². The van der Waals surface area contributed by atoms with Crippen LogP contribution in [0.3, 0.4) is 0 Å². The monoisotopic (exact) mass is 363 g/mol. The van der Waals surface area contributed by atoms with Crippen LogP contribution >= 0.6 is 0 Å². The molecule has 1 fully saturated rings. The average Bonchev–Trinajstić information content (AvgIpc) is 3.07. The van der Waals surface area contributed by atoms with E-state index >= 15 is 0 Å². The van der Waals surface area contributed by atoms with Crippen LogP contribution in [0.15, 0.2) is 42.6 Å². The van der Waals surface area contributed by atoms with Crippen LogP contribution in [0, 0.1) is 0 Å². The van der Waals surface area contributed by atoms with Crippen LogP contribution in [0.2, 0.25) is 0 Å². The second-order valence-corrected chi connectivity index (χ2v) is 7.02. The summed E-state index contributed by atoms with van der Waals surface area (Å²) in [6.45, 7) is 7.84. The molecule has 27 heavy (non-hydrogen) atoms. The third-order valence-electron chi connectivity index (χ3n) is 5.15. The molecule has 0 N–H and O–H groups in total. The van der Waals surface area contributed by atoms with Crippen molar-refractivity contribution >= 4 is 23.0 Å². The van der Waals surface area contributed by atoms with E-state index in [0.29, 0.717) is 5.56 Å². The first-order valence-corrected chi connectivity index (χ1v) is 9.61. The Bertz CT molecular complexity index is 910. The molecular formula is C21H25N5O. The lowest BCUT2D eigenvalue weighted by molar-refractivity contribution is 0.112. The number of hydrogen-bond acceptors (Lipinski definition) is 5. The first kappa shape index (κ1) is 17.7. The number of rotatable bonds is 6. The van der Waals surface area contributed by atoms with Gasteiger partial charge in [-0.3, -0.25) is 14.4 Å². The van der Waals surface area contributed by atoms with Gasteiger partial charge in [-0.2, -0.15) is 5.10 Å². The summed E-state index contributed by atoms with van der Waals surface area (Å²) in [7, 11) is 0. The molecule has 0 radical (unpaired) electrons. The summed E-state index contributed by atoms with van der Waals surface area (Å²) in [5.41, 5.74) is 3.01. The van der Waals surface area contributed by atoms with E-state index in [9.17, 15) is 4.79 Å². The van der Waals surface area contributed by atoms with E-state index < -0.39 is 0 Å². The molecular weight excluding hydrogens is 338 g/mol. The van der Waals surface area contributed by atoms with Crippen LogP contribution in [0.1, 0.15) is 29.4 Å². The molecule has 0 unspecified atom stereocenters. The highest BCUT2D eigenvalue weighted by Crippen LogP contribution is 2.21. The van der Waals surface area contributed by atoms with E-state index in [1.807, 2.05) is 12.1 Å². The smallest absolute Gasteiger partial charge is 0.151 e. The molecule has 0 aliphatic carbocycles. The molecule has 2 aromatic heterocycles. The Kier molecular flexibility index (Phi) is 5.16. The predicted molar refractivity (Wildman–Crippen MR) is 107 cm³/mol. The Morgan fingerprint density at radius 2 is 1.89 bits per heavy atom. The summed E-state index contributed by atoms with van der Waals surface area (Å²) >= 11 is 0. The third-order valence-corrected chi connectivity index (χ3v) is 5.15. The Labute approximate surface area is 159 Å². The van der Waals surface area contributed by atoms with Crippen molar-refractivity contribution < 1.29 is 4.79 Å². The molecule has 6 nitrogen and oxygen atoms in total. The quantitative estimate of drug-likeness (QED) is 0.630. The minimum atomic E-state index is 0.618. The second kappa shape index (κ2) is 7.88. The highest BCUT2D eigenvalue weighted by molar-refractivity contribution is 5.81. The van der Waals surface area contributed by atoms with Crippen molar-refractivity contribution in [2.24, 2.45) is 0 Å². The van der Waals surface area contributed by atoms with Crippen LogP contribution in [-0.4, -0.2) is 52.1 Å². The molecule has 3 aromatic rings. The lowest BCUT2D eigenvalue weighted by atomic mass is 10.2. The van der Waals surface area contributed by atoms with Gasteiger partial charge in [-0.25, -0.2) is 4.98 Å². The highest BCUT2D eigenvalue weighted by atomic mass is 16.1. The number of hydrogen-bond donors (Lipinski definition) is 0. The molecule has 1 aromatic carbocycles. The molecule has 140 valence electrons. The fourth-order valence-corrected chi connectivity index (χ4v) is 3.70. The molecule has 1 aliphatic heterocycles. The van der Waals surface area contributed by atoms with Crippen LogP contribution < -0.4 is 4.90 Å². The number of para-hydroxylation sites is 1. The molecule has 0 spiro atoms. The third kappa shape index (κ3) is 3.71. The number of nitrogens with zero attached hydrogens (tertiary/aromatic N) is 5.